The molecule has 8 nitrogen and oxygen atoms in total. The van der Waals surface area contributed by atoms with Gasteiger partial charge in [0.2, 0.25) is 0 Å². The third-order valence-electron chi connectivity index (χ3n) is 5.68. The lowest BCUT2D eigenvalue weighted by molar-refractivity contribution is -0.150. The molecule has 0 saturated carbocycles. The Kier molecular flexibility index (Phi) is 6.94. The molecule has 0 spiro atoms. The average molecular weight is 459 g/mol. The Morgan fingerprint density at radius 2 is 1.91 bits per heavy atom. The first-order valence-electron chi connectivity index (χ1n) is 10.7. The molecule has 2 aliphatic heterocycles. The highest BCUT2D eigenvalue weighted by Crippen LogP contribution is 2.29. The van der Waals surface area contributed by atoms with E-state index >= 15 is 0 Å². The minimum absolute atomic E-state index is 0.0154. The molecule has 2 fully saturated rings. The van der Waals surface area contributed by atoms with Crippen LogP contribution in [0.15, 0.2) is 41.8 Å². The lowest BCUT2D eigenvalue weighted by Gasteiger charge is -2.37. The molecule has 0 aliphatic carbocycles. The van der Waals surface area contributed by atoms with Gasteiger partial charge < -0.3 is 19.1 Å². The maximum Gasteiger partial charge on any atom is 0.410 e. The van der Waals surface area contributed by atoms with E-state index in [0.717, 1.165) is 5.56 Å². The van der Waals surface area contributed by atoms with Crippen molar-refractivity contribution in [3.05, 3.63) is 52.2 Å². The molecule has 2 saturated heterocycles. The summed E-state index contributed by atoms with van der Waals surface area (Å²) in [5.41, 5.74) is 0.879. The topological polar surface area (TPSA) is 85.4 Å². The van der Waals surface area contributed by atoms with Crippen LogP contribution in [0.5, 0.6) is 5.75 Å². The van der Waals surface area contributed by atoms with Gasteiger partial charge >= 0.3 is 12.1 Å². The minimum Gasteiger partial charge on any atom is -0.492 e. The van der Waals surface area contributed by atoms with E-state index in [1.165, 1.54) is 16.2 Å². The predicted octanol–water partition coefficient (Wildman–Crippen LogP) is 3.32. The molecule has 0 N–H and O–H groups in total. The van der Waals surface area contributed by atoms with Crippen molar-refractivity contribution in [1.29, 1.82) is 0 Å². The number of ether oxygens (including phenoxy) is 3. The summed E-state index contributed by atoms with van der Waals surface area (Å²) >= 11 is 1.36. The highest BCUT2D eigenvalue weighted by Gasteiger charge is 2.44. The van der Waals surface area contributed by atoms with E-state index in [4.69, 9.17) is 14.2 Å². The van der Waals surface area contributed by atoms with Crippen molar-refractivity contribution in [1.82, 2.24) is 9.80 Å². The number of likely N-dealkylation sites (tertiary alicyclic amines) is 1. The summed E-state index contributed by atoms with van der Waals surface area (Å²) in [6.45, 7) is 3.49. The van der Waals surface area contributed by atoms with Crippen molar-refractivity contribution < 1.29 is 28.6 Å². The smallest absolute Gasteiger partial charge is 0.410 e. The molecule has 3 heterocycles. The van der Waals surface area contributed by atoms with Gasteiger partial charge in [-0.2, -0.15) is 0 Å². The van der Waals surface area contributed by atoms with Crippen LogP contribution in [0.1, 0.15) is 35.0 Å². The van der Waals surface area contributed by atoms with Gasteiger partial charge in [-0.3, -0.25) is 9.69 Å². The summed E-state index contributed by atoms with van der Waals surface area (Å²) in [6.07, 6.45) is 0.630. The first-order chi connectivity index (χ1) is 15.6. The fourth-order valence-corrected chi connectivity index (χ4v) is 4.86. The molecule has 1 aromatic carbocycles. The van der Waals surface area contributed by atoms with E-state index in [1.807, 2.05) is 42.6 Å². The maximum atomic E-state index is 12.9. The number of nitrogens with zero attached hydrogens (tertiary/aromatic N) is 2. The second kappa shape index (κ2) is 10.0. The van der Waals surface area contributed by atoms with Gasteiger partial charge in [0.1, 0.15) is 23.8 Å². The van der Waals surface area contributed by atoms with Crippen LogP contribution < -0.4 is 4.74 Å². The predicted molar refractivity (Wildman–Crippen MR) is 118 cm³/mol. The van der Waals surface area contributed by atoms with E-state index in [2.05, 4.69) is 0 Å². The Labute approximate surface area is 190 Å². The quantitative estimate of drug-likeness (QED) is 0.592. The Morgan fingerprint density at radius 3 is 2.62 bits per heavy atom. The number of hydrogen-bond donors (Lipinski definition) is 0. The van der Waals surface area contributed by atoms with E-state index in [9.17, 15) is 14.4 Å². The molecule has 0 radical (unpaired) electrons. The molecule has 9 heteroatoms. The number of piperidine rings is 1. The Bertz CT molecular complexity index is 954. The number of hydrogen-bond acceptors (Lipinski definition) is 7. The second-order valence-corrected chi connectivity index (χ2v) is 8.58. The van der Waals surface area contributed by atoms with Crippen LogP contribution in [-0.4, -0.2) is 66.2 Å². The Hall–Kier alpha value is -3.07. The van der Waals surface area contributed by atoms with Crippen LogP contribution in [0.2, 0.25) is 0 Å². The number of amides is 2. The van der Waals surface area contributed by atoms with E-state index in [0.29, 0.717) is 43.2 Å². The molecule has 1 aromatic heterocycles. The van der Waals surface area contributed by atoms with Gasteiger partial charge in [0, 0.05) is 19.1 Å². The van der Waals surface area contributed by atoms with Crippen molar-refractivity contribution in [3.8, 4) is 5.75 Å². The standard InChI is InChI=1S/C23H26N2O6S/c1-2-29-19-10-13-32-20(19)21(26)24-11-8-17(9-12-24)25-18(15-31-23(25)28)22(27)30-14-16-6-4-3-5-7-16/h3-7,10,13,17-18H,2,8-9,11-12,14-15H2,1H3. The minimum atomic E-state index is -0.764. The van der Waals surface area contributed by atoms with E-state index in [-0.39, 0.29) is 25.2 Å². The first kappa shape index (κ1) is 22.1. The molecular formula is C23H26N2O6S. The number of cyclic esters (lactones) is 1. The summed E-state index contributed by atoms with van der Waals surface area (Å²) in [7, 11) is 0. The number of rotatable bonds is 7. The van der Waals surface area contributed by atoms with Crippen molar-refractivity contribution in [2.24, 2.45) is 0 Å². The molecule has 2 aromatic rings. The SMILES string of the molecule is CCOc1ccsc1C(=O)N1CCC(N2C(=O)OCC2C(=O)OCc2ccccc2)CC1. The molecule has 0 bridgehead atoms. The van der Waals surface area contributed by atoms with Gasteiger partial charge in [-0.15, -0.1) is 11.3 Å². The zero-order valence-electron chi connectivity index (χ0n) is 17.9. The van der Waals surface area contributed by atoms with Crippen molar-refractivity contribution in [3.63, 3.8) is 0 Å². The van der Waals surface area contributed by atoms with E-state index in [1.54, 1.807) is 11.0 Å². The zero-order valence-corrected chi connectivity index (χ0v) is 18.7. The van der Waals surface area contributed by atoms with Crippen molar-refractivity contribution in [2.45, 2.75) is 38.5 Å². The van der Waals surface area contributed by atoms with Gasteiger partial charge in [-0.05, 0) is 36.8 Å². The van der Waals surface area contributed by atoms with Gasteiger partial charge in [0.25, 0.3) is 5.91 Å². The fraction of sp³-hybridized carbons (Fsp3) is 0.435. The van der Waals surface area contributed by atoms with Crippen molar-refractivity contribution in [2.75, 3.05) is 26.3 Å². The number of carbonyl (C=O) groups is 3. The monoisotopic (exact) mass is 458 g/mol. The molecule has 4 rings (SSSR count). The summed E-state index contributed by atoms with van der Waals surface area (Å²) < 4.78 is 16.1. The van der Waals surface area contributed by atoms with Crippen LogP contribution in [0.25, 0.3) is 0 Å². The molecule has 32 heavy (non-hydrogen) atoms. The summed E-state index contributed by atoms with van der Waals surface area (Å²) in [5.74, 6) is 0.0665. The molecule has 1 unspecified atom stereocenters. The highest BCUT2D eigenvalue weighted by molar-refractivity contribution is 7.12. The lowest BCUT2D eigenvalue weighted by atomic mass is 10.0. The Balaban J connectivity index is 1.35. The summed E-state index contributed by atoms with van der Waals surface area (Å²) in [6, 6.07) is 10.3. The number of benzene rings is 1. The zero-order chi connectivity index (χ0) is 22.5. The molecule has 1 atom stereocenters. The fourth-order valence-electron chi connectivity index (χ4n) is 4.06. The summed E-state index contributed by atoms with van der Waals surface area (Å²) in [4.78, 5) is 41.8. The van der Waals surface area contributed by atoms with Crippen LogP contribution in [-0.2, 0) is 20.9 Å². The highest BCUT2D eigenvalue weighted by atomic mass is 32.1. The lowest BCUT2D eigenvalue weighted by Crippen LogP contribution is -2.52. The van der Waals surface area contributed by atoms with E-state index < -0.39 is 18.1 Å². The Morgan fingerprint density at radius 1 is 1.16 bits per heavy atom. The summed E-state index contributed by atoms with van der Waals surface area (Å²) in [5, 5.41) is 1.84. The third kappa shape index (κ3) is 4.72. The van der Waals surface area contributed by atoms with Crippen LogP contribution in [0.4, 0.5) is 4.79 Å². The largest absolute Gasteiger partial charge is 0.492 e. The molecule has 170 valence electrons. The second-order valence-electron chi connectivity index (χ2n) is 7.66. The van der Waals surface area contributed by atoms with Crippen LogP contribution in [0.3, 0.4) is 0 Å². The average Bonchev–Trinajstić information content (AvgIpc) is 3.44. The number of thiophene rings is 1. The normalized spacial score (nSPS) is 19.0. The van der Waals surface area contributed by atoms with Crippen LogP contribution in [0, 0.1) is 0 Å². The molecule has 2 aliphatic rings. The number of esters is 1. The maximum absolute atomic E-state index is 12.9. The van der Waals surface area contributed by atoms with Gasteiger partial charge in [0.05, 0.1) is 6.61 Å². The van der Waals surface area contributed by atoms with Crippen molar-refractivity contribution >= 4 is 29.3 Å². The van der Waals surface area contributed by atoms with Gasteiger partial charge in [-0.25, -0.2) is 9.59 Å². The number of carbonyl (C=O) groups excluding carboxylic acids is 3. The van der Waals surface area contributed by atoms with Gasteiger partial charge in [-0.1, -0.05) is 30.3 Å². The first-order valence-corrected chi connectivity index (χ1v) is 11.6. The third-order valence-corrected chi connectivity index (χ3v) is 6.56. The van der Waals surface area contributed by atoms with Gasteiger partial charge in [0.15, 0.2) is 6.04 Å². The van der Waals surface area contributed by atoms with Crippen LogP contribution >= 0.6 is 11.3 Å². The molecular weight excluding hydrogens is 432 g/mol. The molecule has 2 amide bonds.